The molecule has 1 heteroatoms. The summed E-state index contributed by atoms with van der Waals surface area (Å²) < 4.78 is 0. The lowest BCUT2D eigenvalue weighted by Crippen LogP contribution is -1.71. The molecular weight excluding hydrogens is 88.1 g/mol. The van der Waals surface area contributed by atoms with E-state index >= 15 is 0 Å². The van der Waals surface area contributed by atoms with Crippen molar-refractivity contribution >= 4 is 0 Å². The van der Waals surface area contributed by atoms with Gasteiger partial charge in [0.2, 0.25) is 0 Å². The summed E-state index contributed by atoms with van der Waals surface area (Å²) >= 11 is 0. The topological polar surface area (TPSA) is 20.2 Å². The average molecular weight is 98.1 g/mol. The smallest absolute Gasteiger partial charge is 0.0919 e. The van der Waals surface area contributed by atoms with Crippen molar-refractivity contribution in [2.45, 2.75) is 13.3 Å². The van der Waals surface area contributed by atoms with Crippen LogP contribution in [0.25, 0.3) is 0 Å². The molecule has 0 aromatic rings. The van der Waals surface area contributed by atoms with Crippen LogP contribution in [0.15, 0.2) is 24.5 Å². The Morgan fingerprint density at radius 1 is 1.86 bits per heavy atom. The van der Waals surface area contributed by atoms with Crippen molar-refractivity contribution in [1.82, 2.24) is 0 Å². The monoisotopic (exact) mass is 98.1 g/mol. The van der Waals surface area contributed by atoms with Crippen LogP contribution in [0.4, 0.5) is 0 Å². The Balaban J connectivity index is 3.49. The molecule has 1 nitrogen and oxygen atoms in total. The summed E-state index contributed by atoms with van der Waals surface area (Å²) in [6.45, 7) is 5.30. The van der Waals surface area contributed by atoms with Gasteiger partial charge in [0.05, 0.1) is 5.76 Å². The summed E-state index contributed by atoms with van der Waals surface area (Å²) in [7, 11) is 0. The van der Waals surface area contributed by atoms with Crippen LogP contribution in [0.5, 0.6) is 0 Å². The van der Waals surface area contributed by atoms with Crippen LogP contribution >= 0.6 is 0 Å². The van der Waals surface area contributed by atoms with E-state index in [1.807, 2.05) is 6.92 Å². The average Bonchev–Trinajstić information content (AvgIpc) is 1.68. The molecule has 0 spiro atoms. The fraction of sp³-hybridized carbons (Fsp3) is 0.333. The first-order chi connectivity index (χ1) is 3.31. The summed E-state index contributed by atoms with van der Waals surface area (Å²) in [5.74, 6) is 0.384. The van der Waals surface area contributed by atoms with Gasteiger partial charge in [-0.3, -0.25) is 0 Å². The summed E-state index contributed by atoms with van der Waals surface area (Å²) in [6.07, 6.45) is 3.84. The Bertz CT molecular complexity index is 82.2. The number of hydrogen-bond donors (Lipinski definition) is 1. The van der Waals surface area contributed by atoms with Gasteiger partial charge in [0.25, 0.3) is 0 Å². The normalized spacial score (nSPS) is 11.3. The molecule has 0 aromatic heterocycles. The third kappa shape index (κ3) is 3.10. The van der Waals surface area contributed by atoms with Gasteiger partial charge in [-0.15, -0.1) is 0 Å². The zero-order chi connectivity index (χ0) is 5.70. The maximum absolute atomic E-state index is 8.65. The molecule has 0 rings (SSSR count). The van der Waals surface area contributed by atoms with Crippen molar-refractivity contribution in [1.29, 1.82) is 0 Å². The first-order valence-electron chi connectivity index (χ1n) is 2.31. The van der Waals surface area contributed by atoms with Crippen molar-refractivity contribution in [3.63, 3.8) is 0 Å². The molecular formula is C6H10O. The van der Waals surface area contributed by atoms with Gasteiger partial charge in [0.1, 0.15) is 0 Å². The molecule has 0 fully saturated rings. The molecule has 7 heavy (non-hydrogen) atoms. The van der Waals surface area contributed by atoms with E-state index in [0.717, 1.165) is 0 Å². The van der Waals surface area contributed by atoms with Crippen LogP contribution in [0, 0.1) is 0 Å². The molecule has 1 N–H and O–H groups in total. The van der Waals surface area contributed by atoms with Gasteiger partial charge >= 0.3 is 0 Å². The number of hydrogen-bond acceptors (Lipinski definition) is 1. The van der Waals surface area contributed by atoms with Gasteiger partial charge < -0.3 is 5.11 Å². The van der Waals surface area contributed by atoms with E-state index in [9.17, 15) is 0 Å². The van der Waals surface area contributed by atoms with Crippen LogP contribution < -0.4 is 0 Å². The van der Waals surface area contributed by atoms with Crippen molar-refractivity contribution in [2.24, 2.45) is 0 Å². The zero-order valence-electron chi connectivity index (χ0n) is 4.52. The van der Waals surface area contributed by atoms with Crippen LogP contribution in [0.1, 0.15) is 13.3 Å². The second-order valence-corrected chi connectivity index (χ2v) is 1.25. The Kier molecular flexibility index (Phi) is 3.11. The number of aliphatic hydroxyl groups is 1. The molecule has 0 aliphatic heterocycles. The van der Waals surface area contributed by atoms with E-state index in [-0.39, 0.29) is 0 Å². The van der Waals surface area contributed by atoms with Crippen LogP contribution in [0.3, 0.4) is 0 Å². The van der Waals surface area contributed by atoms with E-state index in [1.165, 1.54) is 0 Å². The van der Waals surface area contributed by atoms with Gasteiger partial charge in [0, 0.05) is 6.42 Å². The van der Waals surface area contributed by atoms with Gasteiger partial charge in [0.15, 0.2) is 0 Å². The van der Waals surface area contributed by atoms with Crippen LogP contribution in [-0.4, -0.2) is 5.11 Å². The molecule has 0 atom stereocenters. The first-order valence-corrected chi connectivity index (χ1v) is 2.31. The van der Waals surface area contributed by atoms with E-state index in [1.54, 1.807) is 12.2 Å². The Hall–Kier alpha value is -0.720. The Labute approximate surface area is 44.0 Å². The standard InChI is InChI=1S/C6H10O/c1-3-5-6(7)4-2/h3,5,7H,1,4H2,2H3/b6-5-. The highest BCUT2D eigenvalue weighted by Gasteiger charge is 1.78. The van der Waals surface area contributed by atoms with Crippen molar-refractivity contribution in [3.05, 3.63) is 24.5 Å². The van der Waals surface area contributed by atoms with Gasteiger partial charge in [-0.2, -0.15) is 0 Å². The lowest BCUT2D eigenvalue weighted by molar-refractivity contribution is 0.395. The van der Waals surface area contributed by atoms with Crippen LogP contribution in [0.2, 0.25) is 0 Å². The summed E-state index contributed by atoms with van der Waals surface area (Å²) in [5.41, 5.74) is 0. The summed E-state index contributed by atoms with van der Waals surface area (Å²) in [4.78, 5) is 0. The van der Waals surface area contributed by atoms with E-state index in [2.05, 4.69) is 6.58 Å². The quantitative estimate of drug-likeness (QED) is 0.414. The molecule has 0 saturated carbocycles. The van der Waals surface area contributed by atoms with Crippen molar-refractivity contribution in [2.75, 3.05) is 0 Å². The number of rotatable bonds is 2. The van der Waals surface area contributed by atoms with Crippen molar-refractivity contribution in [3.8, 4) is 0 Å². The fourth-order valence-electron chi connectivity index (χ4n) is 0.254. The first kappa shape index (κ1) is 6.28. The third-order valence-electron chi connectivity index (χ3n) is 0.672. The second kappa shape index (κ2) is 3.47. The van der Waals surface area contributed by atoms with E-state index in [4.69, 9.17) is 5.11 Å². The minimum absolute atomic E-state index is 0.384. The Morgan fingerprint density at radius 3 is 2.57 bits per heavy atom. The number of aliphatic hydroxyl groups excluding tert-OH is 1. The largest absolute Gasteiger partial charge is 0.512 e. The number of allylic oxidation sites excluding steroid dienone is 3. The molecule has 0 radical (unpaired) electrons. The maximum Gasteiger partial charge on any atom is 0.0919 e. The predicted molar refractivity (Wildman–Crippen MR) is 31.2 cm³/mol. The lowest BCUT2D eigenvalue weighted by atomic mass is 10.4. The van der Waals surface area contributed by atoms with E-state index < -0.39 is 0 Å². The molecule has 0 bridgehead atoms. The minimum Gasteiger partial charge on any atom is -0.512 e. The highest BCUT2D eigenvalue weighted by Crippen LogP contribution is 1.91. The van der Waals surface area contributed by atoms with Gasteiger partial charge in [-0.1, -0.05) is 19.6 Å². The summed E-state index contributed by atoms with van der Waals surface area (Å²) in [6, 6.07) is 0. The molecule has 0 amide bonds. The Morgan fingerprint density at radius 2 is 2.43 bits per heavy atom. The SMILES string of the molecule is C=C/C=C(\O)CC. The minimum atomic E-state index is 0.384. The molecule has 0 heterocycles. The molecule has 40 valence electrons. The zero-order valence-corrected chi connectivity index (χ0v) is 4.52. The second-order valence-electron chi connectivity index (χ2n) is 1.25. The highest BCUT2D eigenvalue weighted by atomic mass is 16.3. The molecule has 0 unspecified atom stereocenters. The third-order valence-corrected chi connectivity index (χ3v) is 0.672. The maximum atomic E-state index is 8.65. The molecule has 0 saturated heterocycles. The van der Waals surface area contributed by atoms with Crippen molar-refractivity contribution < 1.29 is 5.11 Å². The van der Waals surface area contributed by atoms with E-state index in [0.29, 0.717) is 12.2 Å². The van der Waals surface area contributed by atoms with Gasteiger partial charge in [-0.25, -0.2) is 0 Å². The fourth-order valence-corrected chi connectivity index (χ4v) is 0.254. The highest BCUT2D eigenvalue weighted by molar-refractivity contribution is 5.01. The predicted octanol–water partition coefficient (Wildman–Crippen LogP) is 2.02. The lowest BCUT2D eigenvalue weighted by Gasteiger charge is -1.85. The van der Waals surface area contributed by atoms with Gasteiger partial charge in [-0.05, 0) is 6.08 Å². The van der Waals surface area contributed by atoms with Crippen LogP contribution in [-0.2, 0) is 0 Å². The molecule has 0 aromatic carbocycles. The molecule has 0 aliphatic rings. The summed E-state index contributed by atoms with van der Waals surface area (Å²) in [5, 5.41) is 8.65. The molecule has 0 aliphatic carbocycles.